The van der Waals surface area contributed by atoms with Crippen LogP contribution >= 0.6 is 0 Å². The molecule has 0 radical (unpaired) electrons. The van der Waals surface area contributed by atoms with Crippen LogP contribution in [0.25, 0.3) is 5.70 Å². The van der Waals surface area contributed by atoms with Crippen LogP contribution in [-0.2, 0) is 11.3 Å². The number of rotatable bonds is 7. The molecular formula is C29H30F3N5O3. The number of nitrogens with one attached hydrogen (secondary N) is 1. The SMILES string of the molecule is Cc1cc(C2=NC(c3ccc(OC(F)(F)F)cc3)=CCO2)nn1Cc1cccc(C(=O)NC2CCN(C)CC2)c1. The van der Waals surface area contributed by atoms with E-state index in [0.29, 0.717) is 35.0 Å². The molecule has 5 rings (SSSR count). The fourth-order valence-electron chi connectivity index (χ4n) is 4.71. The van der Waals surface area contributed by atoms with E-state index in [4.69, 9.17) is 4.74 Å². The molecular weight excluding hydrogens is 523 g/mol. The van der Waals surface area contributed by atoms with Gasteiger partial charge in [-0.3, -0.25) is 9.48 Å². The first kappa shape index (κ1) is 27.4. The molecule has 2 aliphatic heterocycles. The Morgan fingerprint density at radius 3 is 2.60 bits per heavy atom. The maximum absolute atomic E-state index is 12.9. The minimum Gasteiger partial charge on any atom is -0.472 e. The maximum Gasteiger partial charge on any atom is 0.573 e. The second-order valence-corrected chi connectivity index (χ2v) is 9.97. The molecule has 1 amide bonds. The lowest BCUT2D eigenvalue weighted by Crippen LogP contribution is -2.43. The number of halogens is 3. The highest BCUT2D eigenvalue weighted by Crippen LogP contribution is 2.27. The van der Waals surface area contributed by atoms with Gasteiger partial charge in [0, 0.05) is 22.9 Å². The molecule has 40 heavy (non-hydrogen) atoms. The Balaban J connectivity index is 1.26. The number of aliphatic imine (C=N–C) groups is 1. The van der Waals surface area contributed by atoms with Gasteiger partial charge in [0.25, 0.3) is 5.91 Å². The van der Waals surface area contributed by atoms with Gasteiger partial charge in [0.1, 0.15) is 18.1 Å². The number of likely N-dealkylation sites (tertiary alicyclic amines) is 1. The number of benzene rings is 2. The molecule has 8 nitrogen and oxygen atoms in total. The molecule has 3 aromatic rings. The second kappa shape index (κ2) is 11.5. The van der Waals surface area contributed by atoms with Gasteiger partial charge in [0.2, 0.25) is 5.90 Å². The molecule has 0 atom stereocenters. The van der Waals surface area contributed by atoms with Gasteiger partial charge < -0.3 is 19.7 Å². The number of carbonyl (C=O) groups is 1. The van der Waals surface area contributed by atoms with Crippen molar-refractivity contribution in [3.63, 3.8) is 0 Å². The van der Waals surface area contributed by atoms with Gasteiger partial charge in [-0.2, -0.15) is 5.10 Å². The second-order valence-electron chi connectivity index (χ2n) is 9.97. The van der Waals surface area contributed by atoms with E-state index in [9.17, 15) is 18.0 Å². The largest absolute Gasteiger partial charge is 0.573 e. The number of piperidine rings is 1. The first-order chi connectivity index (χ1) is 19.1. The van der Waals surface area contributed by atoms with Crippen molar-refractivity contribution in [2.24, 2.45) is 4.99 Å². The predicted molar refractivity (Wildman–Crippen MR) is 144 cm³/mol. The normalized spacial score (nSPS) is 16.6. The first-order valence-electron chi connectivity index (χ1n) is 13.0. The van der Waals surface area contributed by atoms with Gasteiger partial charge in [0.15, 0.2) is 0 Å². The summed E-state index contributed by atoms with van der Waals surface area (Å²) in [5.41, 5.74) is 4.16. The van der Waals surface area contributed by atoms with Gasteiger partial charge in [0.05, 0.1) is 12.2 Å². The summed E-state index contributed by atoms with van der Waals surface area (Å²) >= 11 is 0. The molecule has 1 saturated heterocycles. The summed E-state index contributed by atoms with van der Waals surface area (Å²) in [7, 11) is 2.09. The highest BCUT2D eigenvalue weighted by molar-refractivity contribution is 5.97. The maximum atomic E-state index is 12.9. The minimum atomic E-state index is -4.75. The van der Waals surface area contributed by atoms with E-state index in [1.807, 2.05) is 41.9 Å². The highest BCUT2D eigenvalue weighted by Gasteiger charge is 2.31. The Labute approximate surface area is 230 Å². The minimum absolute atomic E-state index is 0.0726. The number of ether oxygens (including phenoxy) is 2. The van der Waals surface area contributed by atoms with Crippen molar-refractivity contribution in [2.75, 3.05) is 26.7 Å². The Hall–Kier alpha value is -4.12. The van der Waals surface area contributed by atoms with Gasteiger partial charge >= 0.3 is 6.36 Å². The molecule has 11 heteroatoms. The topological polar surface area (TPSA) is 81.0 Å². The van der Waals surface area contributed by atoms with Gasteiger partial charge in [-0.25, -0.2) is 4.99 Å². The molecule has 0 unspecified atom stereocenters. The average molecular weight is 554 g/mol. The van der Waals surface area contributed by atoms with Crippen LogP contribution in [0.4, 0.5) is 13.2 Å². The monoisotopic (exact) mass is 553 g/mol. The number of hydrogen-bond acceptors (Lipinski definition) is 6. The average Bonchev–Trinajstić information content (AvgIpc) is 3.29. The van der Waals surface area contributed by atoms with E-state index in [0.717, 1.165) is 37.2 Å². The lowest BCUT2D eigenvalue weighted by atomic mass is 10.0. The highest BCUT2D eigenvalue weighted by atomic mass is 19.4. The van der Waals surface area contributed by atoms with Gasteiger partial charge in [-0.1, -0.05) is 12.1 Å². The smallest absolute Gasteiger partial charge is 0.472 e. The van der Waals surface area contributed by atoms with Crippen LogP contribution in [0, 0.1) is 6.92 Å². The van der Waals surface area contributed by atoms with E-state index in [-0.39, 0.29) is 24.3 Å². The van der Waals surface area contributed by atoms with E-state index < -0.39 is 6.36 Å². The van der Waals surface area contributed by atoms with Gasteiger partial charge in [-0.15, -0.1) is 13.2 Å². The zero-order chi connectivity index (χ0) is 28.3. The molecule has 3 heterocycles. The van der Waals surface area contributed by atoms with Crippen molar-refractivity contribution in [2.45, 2.75) is 38.7 Å². The zero-order valence-corrected chi connectivity index (χ0v) is 22.2. The fourth-order valence-corrected chi connectivity index (χ4v) is 4.71. The third kappa shape index (κ3) is 6.90. The van der Waals surface area contributed by atoms with E-state index in [1.54, 1.807) is 6.08 Å². The quantitative estimate of drug-likeness (QED) is 0.456. The van der Waals surface area contributed by atoms with Crippen LogP contribution < -0.4 is 10.1 Å². The third-order valence-electron chi connectivity index (χ3n) is 6.88. The molecule has 0 saturated carbocycles. The Morgan fingerprint density at radius 1 is 1.12 bits per heavy atom. The van der Waals surface area contributed by atoms with Crippen molar-refractivity contribution in [3.8, 4) is 5.75 Å². The summed E-state index contributed by atoms with van der Waals surface area (Å²) in [6.45, 7) is 4.57. The standard InChI is InChI=1S/C29H30F3N5O3/c1-19-16-26(28-34-25(12-15-39-28)21-6-8-24(9-7-21)40-29(30,31)32)35-37(19)18-20-4-3-5-22(17-20)27(38)33-23-10-13-36(2)14-11-23/h3-9,12,16-17,23H,10-11,13-15,18H2,1-2H3,(H,33,38). The molecule has 1 fully saturated rings. The van der Waals surface area contributed by atoms with Crippen molar-refractivity contribution in [1.82, 2.24) is 20.0 Å². The number of amides is 1. The summed E-state index contributed by atoms with van der Waals surface area (Å²) < 4.78 is 48.9. The molecule has 0 spiro atoms. The molecule has 0 aliphatic carbocycles. The van der Waals surface area contributed by atoms with Crippen LogP contribution in [0.2, 0.25) is 0 Å². The number of aryl methyl sites for hydroxylation is 1. The first-order valence-corrected chi connectivity index (χ1v) is 13.0. The summed E-state index contributed by atoms with van der Waals surface area (Å²) in [6.07, 6.45) is -1.12. The van der Waals surface area contributed by atoms with Crippen LogP contribution in [0.3, 0.4) is 0 Å². The van der Waals surface area contributed by atoms with Crippen molar-refractivity contribution < 1.29 is 27.4 Å². The van der Waals surface area contributed by atoms with Crippen molar-refractivity contribution in [3.05, 3.63) is 88.8 Å². The van der Waals surface area contributed by atoms with E-state index >= 15 is 0 Å². The molecule has 1 N–H and O–H groups in total. The van der Waals surface area contributed by atoms with Crippen LogP contribution in [0.5, 0.6) is 5.75 Å². The molecule has 2 aliphatic rings. The fraction of sp³-hybridized carbons (Fsp3) is 0.345. The number of carbonyl (C=O) groups excluding carboxylic acids is 1. The van der Waals surface area contributed by atoms with E-state index in [1.165, 1.54) is 24.3 Å². The zero-order valence-electron chi connectivity index (χ0n) is 22.2. The lowest BCUT2D eigenvalue weighted by Gasteiger charge is -2.29. The van der Waals surface area contributed by atoms with Crippen LogP contribution in [-0.4, -0.2) is 65.6 Å². The number of nitrogens with zero attached hydrogens (tertiary/aromatic N) is 4. The van der Waals surface area contributed by atoms with Crippen LogP contribution in [0.1, 0.15) is 45.7 Å². The van der Waals surface area contributed by atoms with E-state index in [2.05, 4.69) is 32.1 Å². The lowest BCUT2D eigenvalue weighted by molar-refractivity contribution is -0.274. The van der Waals surface area contributed by atoms with Crippen molar-refractivity contribution in [1.29, 1.82) is 0 Å². The Kier molecular flexibility index (Phi) is 7.92. The molecule has 210 valence electrons. The molecule has 2 aromatic carbocycles. The Morgan fingerprint density at radius 2 is 1.88 bits per heavy atom. The summed E-state index contributed by atoms with van der Waals surface area (Å²) in [5, 5.41) is 7.82. The number of alkyl halides is 3. The third-order valence-corrected chi connectivity index (χ3v) is 6.88. The predicted octanol–water partition coefficient (Wildman–Crippen LogP) is 4.78. The Bertz CT molecular complexity index is 1420. The summed E-state index contributed by atoms with van der Waals surface area (Å²) in [6, 6.07) is 15.1. The number of aromatic nitrogens is 2. The summed E-state index contributed by atoms with van der Waals surface area (Å²) in [5.74, 6) is -0.0522. The van der Waals surface area contributed by atoms with Crippen molar-refractivity contribution >= 4 is 17.5 Å². The van der Waals surface area contributed by atoms with Gasteiger partial charge in [-0.05, 0) is 94.0 Å². The van der Waals surface area contributed by atoms with Crippen LogP contribution in [0.15, 0.2) is 65.7 Å². The summed E-state index contributed by atoms with van der Waals surface area (Å²) in [4.78, 5) is 19.7. The number of hydrogen-bond donors (Lipinski definition) is 1. The molecule has 1 aromatic heterocycles. The molecule has 0 bridgehead atoms.